The maximum Gasteiger partial charge on any atom is 0.408 e. The van der Waals surface area contributed by atoms with Crippen molar-refractivity contribution < 1.29 is 19.8 Å². The van der Waals surface area contributed by atoms with Crippen molar-refractivity contribution in [2.24, 2.45) is 0 Å². The molecule has 68 valence electrons. The number of carboxylic acid groups (broad SMARTS) is 2. The summed E-state index contributed by atoms with van der Waals surface area (Å²) in [6.07, 6.45) is -0.746. The highest BCUT2D eigenvalue weighted by molar-refractivity contribution is 14.1. The lowest BCUT2D eigenvalue weighted by atomic mass is 10.2. The number of hydrogen-bond acceptors (Lipinski definition) is 2. The fraction of sp³-hybridized carbons (Fsp3) is 0.667. The first-order valence-electron chi connectivity index (χ1n) is 3.39. The van der Waals surface area contributed by atoms with Gasteiger partial charge in [-0.2, -0.15) is 0 Å². The molecule has 1 saturated heterocycles. The molecule has 1 amide bonds. The number of rotatable bonds is 1. The van der Waals surface area contributed by atoms with E-state index in [4.69, 9.17) is 10.2 Å². The van der Waals surface area contributed by atoms with E-state index >= 15 is 0 Å². The molecule has 1 aliphatic heterocycles. The largest absolute Gasteiger partial charge is 0.480 e. The van der Waals surface area contributed by atoms with Crippen molar-refractivity contribution in [2.75, 3.05) is 6.54 Å². The molecule has 0 aliphatic carbocycles. The highest BCUT2D eigenvalue weighted by Crippen LogP contribution is 2.23. The Bertz CT molecular complexity index is 198. The first kappa shape index (κ1) is 9.56. The summed E-state index contributed by atoms with van der Waals surface area (Å²) in [7, 11) is 0. The molecule has 0 bridgehead atoms. The molecule has 0 saturated carbocycles. The van der Waals surface area contributed by atoms with Crippen molar-refractivity contribution in [1.82, 2.24) is 4.90 Å². The topological polar surface area (TPSA) is 77.8 Å². The first-order valence-corrected chi connectivity index (χ1v) is 4.63. The quantitative estimate of drug-likeness (QED) is 0.547. The van der Waals surface area contributed by atoms with E-state index in [0.29, 0.717) is 13.0 Å². The van der Waals surface area contributed by atoms with E-state index in [2.05, 4.69) is 22.6 Å². The Kier molecular flexibility index (Phi) is 2.76. The van der Waals surface area contributed by atoms with Gasteiger partial charge in [0.1, 0.15) is 6.04 Å². The Labute approximate surface area is 82.5 Å². The standard InChI is InChI=1S/C6H8INO4/c7-3-1-4(5(9)10)8(2-3)6(11)12/h3-4H,1-2H2,(H,9,10)(H,11,12)/t3-,4-/m0/s1. The molecule has 0 unspecified atom stereocenters. The molecule has 1 aliphatic rings. The predicted octanol–water partition coefficient (Wildman–Crippen LogP) is 0.627. The summed E-state index contributed by atoms with van der Waals surface area (Å²) in [5, 5.41) is 17.3. The molecule has 1 heterocycles. The van der Waals surface area contributed by atoms with E-state index in [-0.39, 0.29) is 3.92 Å². The van der Waals surface area contributed by atoms with Gasteiger partial charge in [0.15, 0.2) is 0 Å². The zero-order chi connectivity index (χ0) is 9.30. The van der Waals surface area contributed by atoms with Gasteiger partial charge in [-0.1, -0.05) is 22.6 Å². The molecule has 6 heteroatoms. The molecule has 0 radical (unpaired) electrons. The first-order chi connectivity index (χ1) is 5.52. The van der Waals surface area contributed by atoms with Crippen LogP contribution in [0.4, 0.5) is 4.79 Å². The molecule has 1 fully saturated rings. The van der Waals surface area contributed by atoms with Crippen molar-refractivity contribution in [1.29, 1.82) is 0 Å². The number of likely N-dealkylation sites (tertiary alicyclic amines) is 1. The van der Waals surface area contributed by atoms with Crippen LogP contribution in [0.25, 0.3) is 0 Å². The number of halogens is 1. The van der Waals surface area contributed by atoms with Crippen LogP contribution in [0.1, 0.15) is 6.42 Å². The molecular formula is C6H8INO4. The average Bonchev–Trinajstić information content (AvgIpc) is 2.31. The highest BCUT2D eigenvalue weighted by Gasteiger charge is 2.38. The van der Waals surface area contributed by atoms with Crippen molar-refractivity contribution in [3.8, 4) is 0 Å². The second-order valence-corrected chi connectivity index (χ2v) is 4.38. The summed E-state index contributed by atoms with van der Waals surface area (Å²) in [4.78, 5) is 22.0. The second kappa shape index (κ2) is 3.46. The van der Waals surface area contributed by atoms with E-state index in [1.807, 2.05) is 0 Å². The minimum absolute atomic E-state index is 0.111. The average molecular weight is 285 g/mol. The van der Waals surface area contributed by atoms with Gasteiger partial charge in [0.05, 0.1) is 0 Å². The molecule has 12 heavy (non-hydrogen) atoms. The SMILES string of the molecule is O=C(O)[C@@H]1C[C@H](I)CN1C(=O)O. The van der Waals surface area contributed by atoms with E-state index in [1.165, 1.54) is 0 Å². The Hall–Kier alpha value is -0.530. The molecular weight excluding hydrogens is 277 g/mol. The minimum Gasteiger partial charge on any atom is -0.480 e. The second-order valence-electron chi connectivity index (χ2n) is 2.62. The van der Waals surface area contributed by atoms with Gasteiger partial charge in [0, 0.05) is 10.5 Å². The van der Waals surface area contributed by atoms with Gasteiger partial charge < -0.3 is 10.2 Å². The number of carbonyl (C=O) groups is 2. The van der Waals surface area contributed by atoms with Crippen molar-refractivity contribution >= 4 is 34.7 Å². The van der Waals surface area contributed by atoms with Gasteiger partial charge in [0.2, 0.25) is 0 Å². The zero-order valence-electron chi connectivity index (χ0n) is 6.11. The van der Waals surface area contributed by atoms with E-state index in [9.17, 15) is 9.59 Å². The maximum absolute atomic E-state index is 10.6. The molecule has 2 atom stereocenters. The summed E-state index contributed by atoms with van der Waals surface area (Å²) in [6, 6.07) is -0.857. The lowest BCUT2D eigenvalue weighted by Gasteiger charge is -2.16. The van der Waals surface area contributed by atoms with E-state index < -0.39 is 18.1 Å². The molecule has 2 N–H and O–H groups in total. The fourth-order valence-electron chi connectivity index (χ4n) is 1.23. The van der Waals surface area contributed by atoms with Gasteiger partial charge in [-0.15, -0.1) is 0 Å². The maximum atomic E-state index is 10.6. The summed E-state index contributed by atoms with van der Waals surface area (Å²) >= 11 is 2.06. The van der Waals surface area contributed by atoms with Crippen LogP contribution in [0.5, 0.6) is 0 Å². The number of alkyl halides is 1. The van der Waals surface area contributed by atoms with Crippen LogP contribution >= 0.6 is 22.6 Å². The third kappa shape index (κ3) is 1.79. The Balaban J connectivity index is 2.72. The van der Waals surface area contributed by atoms with Crippen LogP contribution in [-0.2, 0) is 4.79 Å². The molecule has 1 rings (SSSR count). The molecule has 0 spiro atoms. The van der Waals surface area contributed by atoms with Crippen molar-refractivity contribution in [3.05, 3.63) is 0 Å². The minimum atomic E-state index is -1.15. The van der Waals surface area contributed by atoms with Gasteiger partial charge in [-0.3, -0.25) is 4.90 Å². The highest BCUT2D eigenvalue weighted by atomic mass is 127. The number of aliphatic carboxylic acids is 1. The monoisotopic (exact) mass is 285 g/mol. The molecule has 5 nitrogen and oxygen atoms in total. The third-order valence-corrected chi connectivity index (χ3v) is 2.68. The Morgan fingerprint density at radius 3 is 2.33 bits per heavy atom. The van der Waals surface area contributed by atoms with Gasteiger partial charge in [-0.25, -0.2) is 9.59 Å². The zero-order valence-corrected chi connectivity index (χ0v) is 8.26. The van der Waals surface area contributed by atoms with E-state index in [0.717, 1.165) is 4.90 Å². The summed E-state index contributed by atoms with van der Waals surface area (Å²) in [5.74, 6) is -1.06. The third-order valence-electron chi connectivity index (χ3n) is 1.78. The number of nitrogens with zero attached hydrogens (tertiary/aromatic N) is 1. The normalized spacial score (nSPS) is 28.9. The van der Waals surface area contributed by atoms with Crippen LogP contribution < -0.4 is 0 Å². The summed E-state index contributed by atoms with van der Waals surface area (Å²) in [5.41, 5.74) is 0. The smallest absolute Gasteiger partial charge is 0.408 e. The number of hydrogen-bond donors (Lipinski definition) is 2. The van der Waals surface area contributed by atoms with Crippen LogP contribution in [0.2, 0.25) is 0 Å². The van der Waals surface area contributed by atoms with Crippen LogP contribution in [-0.4, -0.2) is 43.7 Å². The van der Waals surface area contributed by atoms with Gasteiger partial charge >= 0.3 is 12.1 Å². The van der Waals surface area contributed by atoms with Gasteiger partial charge in [0.25, 0.3) is 0 Å². The number of carboxylic acids is 1. The summed E-state index contributed by atoms with van der Waals surface area (Å²) in [6.45, 7) is 0.312. The van der Waals surface area contributed by atoms with E-state index in [1.54, 1.807) is 0 Å². The van der Waals surface area contributed by atoms with Crippen LogP contribution in [0.15, 0.2) is 0 Å². The lowest BCUT2D eigenvalue weighted by Crippen LogP contribution is -2.39. The van der Waals surface area contributed by atoms with Crippen molar-refractivity contribution in [2.45, 2.75) is 16.4 Å². The fourth-order valence-corrected chi connectivity index (χ4v) is 2.14. The predicted molar refractivity (Wildman–Crippen MR) is 48.6 cm³/mol. The molecule has 0 aromatic rings. The Morgan fingerprint density at radius 1 is 1.42 bits per heavy atom. The Morgan fingerprint density at radius 2 is 2.00 bits per heavy atom. The summed E-state index contributed by atoms with van der Waals surface area (Å²) < 4.78 is 0.111. The molecule has 0 aromatic carbocycles. The number of amides is 1. The van der Waals surface area contributed by atoms with Crippen LogP contribution in [0, 0.1) is 0 Å². The molecule has 0 aromatic heterocycles. The van der Waals surface area contributed by atoms with Crippen LogP contribution in [0.3, 0.4) is 0 Å². The van der Waals surface area contributed by atoms with Gasteiger partial charge in [-0.05, 0) is 6.42 Å². The lowest BCUT2D eigenvalue weighted by molar-refractivity contribution is -0.141. The van der Waals surface area contributed by atoms with Crippen molar-refractivity contribution in [3.63, 3.8) is 0 Å².